The van der Waals surface area contributed by atoms with Gasteiger partial charge in [0, 0.05) is 0 Å². The Morgan fingerprint density at radius 3 is 1.38 bits per heavy atom. The van der Waals surface area contributed by atoms with Crippen LogP contribution in [0.15, 0.2) is 84.1 Å². The maximum Gasteiger partial charge on any atom is 0.176 e. The molecule has 0 unspecified atom stereocenters. The van der Waals surface area contributed by atoms with Gasteiger partial charge in [-0.15, -0.1) is 0 Å². The van der Waals surface area contributed by atoms with E-state index in [2.05, 4.69) is 154 Å². The highest BCUT2D eigenvalue weighted by molar-refractivity contribution is 7.16. The van der Waals surface area contributed by atoms with Gasteiger partial charge in [0.2, 0.25) is 0 Å². The van der Waals surface area contributed by atoms with Crippen molar-refractivity contribution in [2.45, 2.75) is 86.5 Å². The fourth-order valence-corrected chi connectivity index (χ4v) is 12.1. The van der Waals surface area contributed by atoms with E-state index < -0.39 is 8.07 Å². The van der Waals surface area contributed by atoms with Crippen LogP contribution >= 0.6 is 0 Å². The first kappa shape index (κ1) is 28.4. The maximum atomic E-state index is 2.58. The largest absolute Gasteiger partial charge is 0.176 e. The molecule has 0 heterocycles. The monoisotopic (exact) mass is 542 g/mol. The standard InChI is InChI=1S/C39H46Si/c1-26-15-27(2)18-34(17-26)40(35-19-28(3)16-29(4)20-35,36-21-30-13-11-12-14-31(30)22-36)37-24-32(38(5,6)7)23-33(25-37)39(8,9)10/h11-21,23-25H,22H2,1-10H3. The molecule has 4 aromatic rings. The van der Waals surface area contributed by atoms with E-state index in [1.165, 1.54) is 60.1 Å². The highest BCUT2D eigenvalue weighted by Crippen LogP contribution is 2.34. The molecule has 0 nitrogen and oxygen atoms in total. The number of hydrogen-bond donors (Lipinski definition) is 0. The minimum atomic E-state index is -2.67. The summed E-state index contributed by atoms with van der Waals surface area (Å²) in [5.41, 5.74) is 11.2. The Morgan fingerprint density at radius 2 is 0.950 bits per heavy atom. The summed E-state index contributed by atoms with van der Waals surface area (Å²) in [6.07, 6.45) is 3.56. The molecule has 206 valence electrons. The highest BCUT2D eigenvalue weighted by Gasteiger charge is 2.45. The average Bonchev–Trinajstić information content (AvgIpc) is 3.26. The van der Waals surface area contributed by atoms with Crippen molar-refractivity contribution in [1.82, 2.24) is 0 Å². The zero-order chi connectivity index (χ0) is 29.0. The molecule has 0 aromatic heterocycles. The Kier molecular flexibility index (Phi) is 7.12. The topological polar surface area (TPSA) is 0 Å². The van der Waals surface area contributed by atoms with Gasteiger partial charge in [-0.3, -0.25) is 0 Å². The number of benzene rings is 4. The number of fused-ring (bicyclic) bond motifs is 1. The van der Waals surface area contributed by atoms with E-state index in [-0.39, 0.29) is 10.8 Å². The molecule has 1 aliphatic rings. The quantitative estimate of drug-likeness (QED) is 0.180. The third-order valence-electron chi connectivity index (χ3n) is 8.65. The number of aryl methyl sites for hydroxylation is 4. The summed E-state index contributed by atoms with van der Waals surface area (Å²) in [6.45, 7) is 23.2. The van der Waals surface area contributed by atoms with Crippen molar-refractivity contribution < 1.29 is 0 Å². The van der Waals surface area contributed by atoms with E-state index in [0.717, 1.165) is 6.42 Å². The van der Waals surface area contributed by atoms with Crippen LogP contribution in [0.2, 0.25) is 0 Å². The summed E-state index contributed by atoms with van der Waals surface area (Å²) in [4.78, 5) is 0. The van der Waals surface area contributed by atoms with Crippen LogP contribution in [0.25, 0.3) is 6.08 Å². The molecule has 0 saturated heterocycles. The average molecular weight is 543 g/mol. The summed E-state index contributed by atoms with van der Waals surface area (Å²) >= 11 is 0. The molecule has 4 aromatic carbocycles. The van der Waals surface area contributed by atoms with Crippen molar-refractivity contribution >= 4 is 29.7 Å². The number of rotatable bonds is 4. The van der Waals surface area contributed by atoms with Gasteiger partial charge in [-0.1, -0.05) is 154 Å². The Balaban J connectivity index is 1.99. The predicted octanol–water partition coefficient (Wildman–Crippen LogP) is 8.16. The van der Waals surface area contributed by atoms with Crippen LogP contribution in [-0.4, -0.2) is 8.07 Å². The van der Waals surface area contributed by atoms with Gasteiger partial charge in [-0.25, -0.2) is 0 Å². The van der Waals surface area contributed by atoms with Gasteiger partial charge in [0.15, 0.2) is 8.07 Å². The number of hydrogen-bond acceptors (Lipinski definition) is 0. The molecule has 0 amide bonds. The van der Waals surface area contributed by atoms with E-state index in [9.17, 15) is 0 Å². The molecule has 1 aliphatic carbocycles. The molecular formula is C39H46Si. The summed E-state index contributed by atoms with van der Waals surface area (Å²) in [7, 11) is -2.67. The van der Waals surface area contributed by atoms with Gasteiger partial charge in [-0.2, -0.15) is 0 Å². The van der Waals surface area contributed by atoms with Crippen molar-refractivity contribution in [3.63, 3.8) is 0 Å². The zero-order valence-electron chi connectivity index (χ0n) is 26.3. The predicted molar refractivity (Wildman–Crippen MR) is 178 cm³/mol. The van der Waals surface area contributed by atoms with Crippen LogP contribution in [-0.2, 0) is 17.3 Å². The summed E-state index contributed by atoms with van der Waals surface area (Å²) in [5, 5.41) is 6.11. The van der Waals surface area contributed by atoms with E-state index in [4.69, 9.17) is 0 Å². The minimum absolute atomic E-state index is 0.0498. The lowest BCUT2D eigenvalue weighted by Crippen LogP contribution is -2.69. The first-order valence-electron chi connectivity index (χ1n) is 14.8. The van der Waals surface area contributed by atoms with Gasteiger partial charge in [0.05, 0.1) is 0 Å². The Bertz CT molecular complexity index is 1490. The third kappa shape index (κ3) is 5.17. The molecule has 40 heavy (non-hydrogen) atoms. The van der Waals surface area contributed by atoms with Crippen molar-refractivity contribution in [2.24, 2.45) is 0 Å². The second-order valence-electron chi connectivity index (χ2n) is 14.3. The SMILES string of the molecule is Cc1cc(C)cc([Si](C2=Cc3ccccc3C2)(c2cc(C)cc(C)c2)c2cc(C(C)(C)C)cc(C(C)(C)C)c2)c1. The van der Waals surface area contributed by atoms with Crippen LogP contribution in [0, 0.1) is 27.7 Å². The second-order valence-corrected chi connectivity index (χ2v) is 18.2. The lowest BCUT2D eigenvalue weighted by molar-refractivity contribution is 0.569. The summed E-state index contributed by atoms with van der Waals surface area (Å²) in [6, 6.07) is 31.3. The fraction of sp³-hybridized carbons (Fsp3) is 0.333. The molecular weight excluding hydrogens is 497 g/mol. The van der Waals surface area contributed by atoms with Crippen LogP contribution < -0.4 is 15.6 Å². The fourth-order valence-electron chi connectivity index (χ4n) is 6.67. The second kappa shape index (κ2) is 10.0. The molecule has 0 atom stereocenters. The van der Waals surface area contributed by atoms with E-state index in [0.29, 0.717) is 0 Å². The molecule has 0 aliphatic heterocycles. The first-order chi connectivity index (χ1) is 18.7. The maximum absolute atomic E-state index is 2.67. The summed E-state index contributed by atoms with van der Waals surface area (Å²) in [5.74, 6) is 0. The summed E-state index contributed by atoms with van der Waals surface area (Å²) < 4.78 is 0. The van der Waals surface area contributed by atoms with Gasteiger partial charge in [0.25, 0.3) is 0 Å². The molecule has 5 rings (SSSR count). The van der Waals surface area contributed by atoms with Crippen LogP contribution in [0.4, 0.5) is 0 Å². The van der Waals surface area contributed by atoms with E-state index in [1.54, 1.807) is 5.20 Å². The Hall–Kier alpha value is -3.16. The molecule has 0 radical (unpaired) electrons. The molecule has 0 spiro atoms. The van der Waals surface area contributed by atoms with Gasteiger partial charge in [0.1, 0.15) is 0 Å². The first-order valence-corrected chi connectivity index (χ1v) is 16.8. The van der Waals surface area contributed by atoms with Gasteiger partial charge < -0.3 is 0 Å². The highest BCUT2D eigenvalue weighted by atomic mass is 28.3. The smallest absolute Gasteiger partial charge is 0.0624 e. The third-order valence-corrected chi connectivity index (χ3v) is 13.4. The van der Waals surface area contributed by atoms with Crippen molar-refractivity contribution in [3.8, 4) is 0 Å². The van der Waals surface area contributed by atoms with Crippen molar-refractivity contribution in [3.05, 3.63) is 129 Å². The molecule has 0 bridgehead atoms. The van der Waals surface area contributed by atoms with Crippen molar-refractivity contribution in [1.29, 1.82) is 0 Å². The lowest BCUT2D eigenvalue weighted by Gasteiger charge is -2.38. The van der Waals surface area contributed by atoms with Crippen LogP contribution in [0.5, 0.6) is 0 Å². The van der Waals surface area contributed by atoms with Crippen molar-refractivity contribution in [2.75, 3.05) is 0 Å². The molecule has 1 heteroatoms. The lowest BCUT2D eigenvalue weighted by atomic mass is 9.81. The molecule has 0 N–H and O–H groups in total. The van der Waals surface area contributed by atoms with Crippen LogP contribution in [0.3, 0.4) is 0 Å². The van der Waals surface area contributed by atoms with Crippen LogP contribution in [0.1, 0.15) is 86.1 Å². The Labute approximate surface area is 244 Å². The van der Waals surface area contributed by atoms with Gasteiger partial charge >= 0.3 is 0 Å². The normalized spacial score (nSPS) is 13.8. The van der Waals surface area contributed by atoms with Gasteiger partial charge in [-0.05, 0) is 82.8 Å². The Morgan fingerprint density at radius 1 is 0.525 bits per heavy atom. The number of allylic oxidation sites excluding steroid dienone is 1. The minimum Gasteiger partial charge on any atom is -0.0624 e. The zero-order valence-corrected chi connectivity index (χ0v) is 27.3. The molecule has 0 fully saturated rings. The molecule has 0 saturated carbocycles. The van der Waals surface area contributed by atoms with E-state index in [1.807, 2.05) is 0 Å². The van der Waals surface area contributed by atoms with E-state index >= 15 is 0 Å².